The van der Waals surface area contributed by atoms with E-state index in [1.54, 1.807) is 0 Å². The van der Waals surface area contributed by atoms with Crippen LogP contribution in [-0.2, 0) is 0 Å². The molecule has 0 amide bonds. The highest BCUT2D eigenvalue weighted by atomic mass is 15.1. The van der Waals surface area contributed by atoms with E-state index >= 15 is 0 Å². The van der Waals surface area contributed by atoms with Crippen molar-refractivity contribution in [2.24, 2.45) is 0 Å². The first-order valence-electron chi connectivity index (χ1n) is 33.1. The predicted octanol–water partition coefficient (Wildman–Crippen LogP) is 23.7. The minimum Gasteiger partial charge on any atom is -0.309 e. The third-order valence-electron chi connectivity index (χ3n) is 20.6. The molecule has 6 nitrogen and oxygen atoms in total. The molecule has 446 valence electrons. The van der Waals surface area contributed by atoms with Gasteiger partial charge in [0, 0.05) is 76.6 Å². The topological polar surface area (TPSA) is 29.6 Å². The number of para-hydroxylation sites is 10. The van der Waals surface area contributed by atoms with Gasteiger partial charge >= 0.3 is 0 Å². The van der Waals surface area contributed by atoms with E-state index in [0.717, 1.165) is 121 Å². The Labute approximate surface area is 550 Å². The van der Waals surface area contributed by atoms with E-state index < -0.39 is 0 Å². The summed E-state index contributed by atoms with van der Waals surface area (Å²) in [5, 5.41) is 18.9. The number of fused-ring (bicyclic) bond motifs is 22. The third-order valence-corrected chi connectivity index (χ3v) is 20.6. The van der Waals surface area contributed by atoms with Gasteiger partial charge in [-0.1, -0.05) is 206 Å². The van der Waals surface area contributed by atoms with Crippen LogP contribution in [0.15, 0.2) is 340 Å². The van der Waals surface area contributed by atoms with Gasteiger partial charge in [-0.2, -0.15) is 0 Å². The molecule has 0 fully saturated rings. The standard InChI is InChI=1S/C90H56N6/c1-3-25-57(26-4-1)91-83-45-21-22-46-84(83)92(58-27-5-2-6-28-58)88-56-72-70-38-24-48-86(96-80-44-20-14-36-68(80)74-54-60(50-52-82(74)96)94-77-41-17-11-33-65(77)66-34-12-18-42-78(66)94)90(70)89-69(61-29-7-8-30-62(61)71(72)55-87(88)91)37-23-47-85(89)95-79-43-19-13-35-67(79)73-53-59(49-51-81(73)95)93-75-39-15-9-31-63(75)64-32-10-16-40-76(64)93/h1-56H. The van der Waals surface area contributed by atoms with Crippen molar-refractivity contribution in [3.05, 3.63) is 340 Å². The van der Waals surface area contributed by atoms with Crippen molar-refractivity contribution in [2.45, 2.75) is 0 Å². The van der Waals surface area contributed by atoms with Gasteiger partial charge in [-0.3, -0.25) is 0 Å². The number of aromatic nitrogens is 6. The molecule has 0 bridgehead atoms. The number of hydrogen-bond acceptors (Lipinski definition) is 0. The molecule has 0 aliphatic rings. The highest BCUT2D eigenvalue weighted by Crippen LogP contribution is 2.47. The molecule has 0 atom stereocenters. The van der Waals surface area contributed by atoms with Crippen molar-refractivity contribution in [3.8, 4) is 34.1 Å². The maximum atomic E-state index is 2.57. The molecule has 0 radical (unpaired) electrons. The second kappa shape index (κ2) is 20.3. The SMILES string of the molecule is c1ccc(-n2c3ccccc3n(-c3ccccc3)c3cc4c(cc32)c2ccccc2c2cccc(-n3c5ccccc5c5cc(-n6c7ccccc7c7ccccc76)ccc53)c2c2c(-n3c5ccccc5c5cc(-n6c7ccccc7c7ccccc76)ccc53)cccc42)cc1. The largest absolute Gasteiger partial charge is 0.309 e. The lowest BCUT2D eigenvalue weighted by Gasteiger charge is -2.23. The first kappa shape index (κ1) is 52.7. The van der Waals surface area contributed by atoms with Crippen molar-refractivity contribution in [3.63, 3.8) is 0 Å². The molecule has 16 aromatic carbocycles. The number of nitrogens with zero attached hydrogens (tertiary/aromatic N) is 6. The first-order chi connectivity index (χ1) is 47.7. The summed E-state index contributed by atoms with van der Waals surface area (Å²) in [5.41, 5.74) is 20.3. The molecule has 0 saturated heterocycles. The Morgan fingerprint density at radius 2 is 0.385 bits per heavy atom. The molecule has 0 unspecified atom stereocenters. The molecule has 0 saturated carbocycles. The smallest absolute Gasteiger partial charge is 0.0709 e. The summed E-state index contributed by atoms with van der Waals surface area (Å²) >= 11 is 0. The molecule has 0 spiro atoms. The molecule has 6 heteroatoms. The van der Waals surface area contributed by atoms with Crippen LogP contribution in [0, 0.1) is 0 Å². The number of rotatable bonds is 6. The Morgan fingerprint density at radius 3 is 0.771 bits per heavy atom. The molecule has 0 N–H and O–H groups in total. The normalized spacial score (nSPS) is 12.2. The summed E-state index contributed by atoms with van der Waals surface area (Å²) in [6.45, 7) is 0. The van der Waals surface area contributed by atoms with Crippen LogP contribution in [0.4, 0.5) is 0 Å². The van der Waals surface area contributed by atoms with Gasteiger partial charge in [0.2, 0.25) is 0 Å². The lowest BCUT2D eigenvalue weighted by atomic mass is 9.92. The van der Waals surface area contributed by atoms with Gasteiger partial charge in [-0.15, -0.1) is 0 Å². The summed E-state index contributed by atoms with van der Waals surface area (Å²) < 4.78 is 15.0. The zero-order valence-corrected chi connectivity index (χ0v) is 52.0. The van der Waals surface area contributed by atoms with Crippen LogP contribution < -0.4 is 0 Å². The molecule has 0 aliphatic heterocycles. The summed E-state index contributed by atoms with van der Waals surface area (Å²) in [7, 11) is 0. The fourth-order valence-corrected chi connectivity index (χ4v) is 16.7. The van der Waals surface area contributed by atoms with E-state index in [1.807, 2.05) is 0 Å². The van der Waals surface area contributed by atoms with Crippen molar-refractivity contribution in [2.75, 3.05) is 0 Å². The third kappa shape index (κ3) is 7.40. The Kier molecular flexibility index (Phi) is 11.1. The van der Waals surface area contributed by atoms with E-state index in [9.17, 15) is 0 Å². The van der Waals surface area contributed by atoms with Crippen LogP contribution in [0.3, 0.4) is 0 Å². The van der Waals surface area contributed by atoms with Crippen LogP contribution in [-0.4, -0.2) is 27.4 Å². The second-order valence-electron chi connectivity index (χ2n) is 25.5. The highest BCUT2D eigenvalue weighted by Gasteiger charge is 2.25. The molecule has 21 rings (SSSR count). The average molecular weight is 1220 g/mol. The zero-order valence-electron chi connectivity index (χ0n) is 52.0. The summed E-state index contributed by atoms with van der Waals surface area (Å²) in [6.07, 6.45) is 0. The quantitative estimate of drug-likeness (QED) is 0.149. The second-order valence-corrected chi connectivity index (χ2v) is 25.5. The van der Waals surface area contributed by atoms with Gasteiger partial charge < -0.3 is 27.4 Å². The number of hydrogen-bond donors (Lipinski definition) is 0. The lowest BCUT2D eigenvalue weighted by Crippen LogP contribution is -2.08. The van der Waals surface area contributed by atoms with Gasteiger partial charge in [0.05, 0.1) is 77.6 Å². The van der Waals surface area contributed by atoms with Crippen molar-refractivity contribution >= 4 is 152 Å². The minimum atomic E-state index is 1.08. The molecular formula is C90H56N6. The van der Waals surface area contributed by atoms with Gasteiger partial charge in [0.15, 0.2) is 0 Å². The summed E-state index contributed by atoms with van der Waals surface area (Å²) in [4.78, 5) is 0. The monoisotopic (exact) mass is 1220 g/mol. The molecular weight excluding hydrogens is 1170 g/mol. The van der Waals surface area contributed by atoms with Gasteiger partial charge in [0.25, 0.3) is 0 Å². The summed E-state index contributed by atoms with van der Waals surface area (Å²) in [6, 6.07) is 127. The molecule has 5 aromatic heterocycles. The minimum absolute atomic E-state index is 1.08. The van der Waals surface area contributed by atoms with E-state index in [2.05, 4.69) is 367 Å². The van der Waals surface area contributed by atoms with E-state index in [1.165, 1.54) is 65.2 Å². The van der Waals surface area contributed by atoms with Gasteiger partial charge in [-0.05, 0) is 166 Å². The Hall–Kier alpha value is -12.9. The van der Waals surface area contributed by atoms with Crippen LogP contribution >= 0.6 is 0 Å². The Morgan fingerprint density at radius 1 is 0.125 bits per heavy atom. The Bertz CT molecular complexity index is 6840. The zero-order chi connectivity index (χ0) is 62.7. The molecule has 5 heterocycles. The molecule has 0 aliphatic carbocycles. The van der Waals surface area contributed by atoms with Crippen LogP contribution in [0.2, 0.25) is 0 Å². The highest BCUT2D eigenvalue weighted by molar-refractivity contribution is 6.31. The fourth-order valence-electron chi connectivity index (χ4n) is 16.7. The van der Waals surface area contributed by atoms with Crippen LogP contribution in [0.1, 0.15) is 0 Å². The maximum absolute atomic E-state index is 2.57. The Balaban J connectivity index is 0.951. The molecule has 21 aromatic rings. The number of benzene rings is 15. The predicted molar refractivity (Wildman–Crippen MR) is 405 cm³/mol. The van der Waals surface area contributed by atoms with E-state index in [0.29, 0.717) is 0 Å². The van der Waals surface area contributed by atoms with Gasteiger partial charge in [0.1, 0.15) is 0 Å². The first-order valence-corrected chi connectivity index (χ1v) is 33.1. The lowest BCUT2D eigenvalue weighted by molar-refractivity contribution is 1.09. The fraction of sp³-hybridized carbons (Fsp3) is 0. The van der Waals surface area contributed by atoms with Crippen molar-refractivity contribution in [1.29, 1.82) is 0 Å². The van der Waals surface area contributed by atoms with Crippen molar-refractivity contribution in [1.82, 2.24) is 27.4 Å². The van der Waals surface area contributed by atoms with Crippen LogP contribution in [0.5, 0.6) is 0 Å². The van der Waals surface area contributed by atoms with Crippen LogP contribution in [0.25, 0.3) is 187 Å². The van der Waals surface area contributed by atoms with E-state index in [-0.39, 0.29) is 0 Å². The maximum Gasteiger partial charge on any atom is 0.0709 e. The summed E-state index contributed by atoms with van der Waals surface area (Å²) in [5.74, 6) is 0. The average Bonchev–Trinajstić information content (AvgIpc) is 1.02. The molecule has 96 heavy (non-hydrogen) atoms. The van der Waals surface area contributed by atoms with Gasteiger partial charge in [-0.25, -0.2) is 0 Å². The van der Waals surface area contributed by atoms with E-state index in [4.69, 9.17) is 0 Å². The van der Waals surface area contributed by atoms with Crippen molar-refractivity contribution < 1.29 is 0 Å².